The number of allylic oxidation sites excluding steroid dienone is 4. The fourth-order valence-corrected chi connectivity index (χ4v) is 8.93. The second-order valence-corrected chi connectivity index (χ2v) is 12.5. The Morgan fingerprint density at radius 3 is 2.88 bits per heavy atom. The molecule has 2 saturated carbocycles. The molecule has 0 bridgehead atoms. The van der Waals surface area contributed by atoms with Gasteiger partial charge in [0.15, 0.2) is 29.1 Å². The Kier molecular flexibility index (Phi) is 5.39. The maximum Gasteiger partial charge on any atom is 0.187 e. The van der Waals surface area contributed by atoms with Gasteiger partial charge in [0.05, 0.1) is 30.2 Å². The third-order valence-corrected chi connectivity index (χ3v) is 10.9. The molecule has 206 valence electrons. The molecule has 1 N–H and O–H groups in total. The second-order valence-electron chi connectivity index (χ2n) is 12.5. The lowest BCUT2D eigenvalue weighted by Crippen LogP contribution is -2.69. The number of carbonyl (C=O) groups excluding carboxylic acids is 2. The molecule has 4 aliphatic carbocycles. The van der Waals surface area contributed by atoms with E-state index in [4.69, 9.17) is 9.47 Å². The van der Waals surface area contributed by atoms with Gasteiger partial charge in [-0.2, -0.15) is 5.26 Å². The summed E-state index contributed by atoms with van der Waals surface area (Å²) in [6, 6.07) is 11.6. The van der Waals surface area contributed by atoms with Crippen LogP contribution in [-0.4, -0.2) is 45.1 Å². The second kappa shape index (κ2) is 8.39. The standard InChI is InChI=1S/C32H31FN2O5/c1-29-11-9-21(36)14-20(29)7-8-22-23-15-27-32(25(37)10-12-34,30(23,2)16-26(38)31(22,29)33)40-28(39-27)19-13-18-5-3-4-6-24(18)35-17-19/h3-7,9,11,13,17,22-23,26-28,38H,8,10,14-16H2,1-2H3/t22-,23-,26-,27+,28?,29-,30-,31-,32+/m0/s1. The molecular formula is C32H31FN2O5. The normalized spacial score (nSPS) is 43.3. The topological polar surface area (TPSA) is 110 Å². The van der Waals surface area contributed by atoms with Gasteiger partial charge in [-0.25, -0.2) is 4.39 Å². The molecule has 40 heavy (non-hydrogen) atoms. The summed E-state index contributed by atoms with van der Waals surface area (Å²) in [5, 5.41) is 22.1. The quantitative estimate of drug-likeness (QED) is 0.552. The molecule has 0 amide bonds. The number of alkyl halides is 1. The van der Waals surface area contributed by atoms with Gasteiger partial charge in [0.2, 0.25) is 0 Å². The van der Waals surface area contributed by atoms with Gasteiger partial charge in [-0.05, 0) is 50.3 Å². The maximum atomic E-state index is 17.5. The summed E-state index contributed by atoms with van der Waals surface area (Å²) in [4.78, 5) is 30.6. The van der Waals surface area contributed by atoms with Crippen molar-refractivity contribution in [3.63, 3.8) is 0 Å². The van der Waals surface area contributed by atoms with Crippen molar-refractivity contribution in [3.8, 4) is 6.07 Å². The maximum absolute atomic E-state index is 17.5. The Bertz CT molecular complexity index is 1560. The van der Waals surface area contributed by atoms with Gasteiger partial charge in [-0.3, -0.25) is 14.6 Å². The molecule has 1 aliphatic heterocycles. The minimum absolute atomic E-state index is 0.0327. The van der Waals surface area contributed by atoms with E-state index in [1.165, 1.54) is 6.08 Å². The molecule has 1 aromatic carbocycles. The molecule has 5 aliphatic rings. The number of ether oxygens (including phenoxy) is 2. The number of rotatable bonds is 3. The molecule has 2 aromatic rings. The van der Waals surface area contributed by atoms with Crippen LogP contribution in [0.2, 0.25) is 0 Å². The number of aromatic nitrogens is 1. The lowest BCUT2D eigenvalue weighted by Gasteiger charge is -2.62. The van der Waals surface area contributed by atoms with E-state index in [1.807, 2.05) is 49.4 Å². The zero-order valence-electron chi connectivity index (χ0n) is 22.5. The summed E-state index contributed by atoms with van der Waals surface area (Å²) in [7, 11) is 0. The zero-order valence-corrected chi connectivity index (χ0v) is 22.5. The monoisotopic (exact) mass is 542 g/mol. The van der Waals surface area contributed by atoms with Crippen LogP contribution in [0.4, 0.5) is 4.39 Å². The molecule has 1 saturated heterocycles. The molecule has 0 spiro atoms. The minimum Gasteiger partial charge on any atom is -0.390 e. The predicted molar refractivity (Wildman–Crippen MR) is 142 cm³/mol. The molecular weight excluding hydrogens is 511 g/mol. The average Bonchev–Trinajstić information content (AvgIpc) is 3.43. The van der Waals surface area contributed by atoms with E-state index in [-0.39, 0.29) is 31.0 Å². The van der Waals surface area contributed by atoms with Crippen molar-refractivity contribution in [2.24, 2.45) is 22.7 Å². The summed E-state index contributed by atoms with van der Waals surface area (Å²) in [6.07, 6.45) is 4.08. The van der Waals surface area contributed by atoms with Gasteiger partial charge >= 0.3 is 0 Å². The van der Waals surface area contributed by atoms with Crippen molar-refractivity contribution < 1.29 is 28.6 Å². The highest BCUT2D eigenvalue weighted by Crippen LogP contribution is 2.72. The summed E-state index contributed by atoms with van der Waals surface area (Å²) in [6.45, 7) is 3.66. The first-order valence-electron chi connectivity index (χ1n) is 14.0. The first-order valence-corrected chi connectivity index (χ1v) is 14.0. The smallest absolute Gasteiger partial charge is 0.187 e. The Balaban J connectivity index is 1.31. The summed E-state index contributed by atoms with van der Waals surface area (Å²) in [5.41, 5.74) is -3.49. The van der Waals surface area contributed by atoms with E-state index in [9.17, 15) is 20.0 Å². The van der Waals surface area contributed by atoms with Crippen LogP contribution in [0.25, 0.3) is 10.9 Å². The molecule has 0 radical (unpaired) electrons. The van der Waals surface area contributed by atoms with Crippen molar-refractivity contribution in [1.29, 1.82) is 5.26 Å². The number of ketones is 2. The number of pyridine rings is 1. The van der Waals surface area contributed by atoms with Crippen LogP contribution in [0.3, 0.4) is 0 Å². The third kappa shape index (κ3) is 3.01. The fraction of sp³-hybridized carbons (Fsp3) is 0.500. The third-order valence-electron chi connectivity index (χ3n) is 10.9. The van der Waals surface area contributed by atoms with Crippen LogP contribution >= 0.6 is 0 Å². The van der Waals surface area contributed by atoms with Crippen molar-refractivity contribution in [1.82, 2.24) is 4.98 Å². The van der Waals surface area contributed by atoms with Gasteiger partial charge in [-0.15, -0.1) is 0 Å². The highest BCUT2D eigenvalue weighted by atomic mass is 19.1. The number of nitriles is 1. The number of halogens is 1. The molecule has 7 rings (SSSR count). The van der Waals surface area contributed by atoms with Crippen molar-refractivity contribution in [2.75, 3.05) is 0 Å². The average molecular weight is 543 g/mol. The van der Waals surface area contributed by atoms with Crippen LogP contribution in [0.5, 0.6) is 0 Å². The van der Waals surface area contributed by atoms with Crippen molar-refractivity contribution in [2.45, 2.75) is 75.7 Å². The summed E-state index contributed by atoms with van der Waals surface area (Å²) in [5.74, 6) is -1.46. The number of benzene rings is 1. The molecule has 8 heteroatoms. The largest absolute Gasteiger partial charge is 0.390 e. The number of aliphatic hydroxyl groups is 1. The van der Waals surface area contributed by atoms with E-state index >= 15 is 4.39 Å². The predicted octanol–water partition coefficient (Wildman–Crippen LogP) is 4.85. The summed E-state index contributed by atoms with van der Waals surface area (Å²) >= 11 is 0. The highest BCUT2D eigenvalue weighted by molar-refractivity contribution is 5.94. The van der Waals surface area contributed by atoms with Gasteiger partial charge in [0.25, 0.3) is 0 Å². The number of Topliss-reactive ketones (excluding diaryl/α,β-unsaturated/α-hetero) is 1. The molecule has 1 aromatic heterocycles. The van der Waals surface area contributed by atoms with E-state index in [0.717, 1.165) is 10.9 Å². The lowest BCUT2D eigenvalue weighted by atomic mass is 9.45. The number of nitrogens with zero attached hydrogens (tertiary/aromatic N) is 2. The number of hydrogen-bond donors (Lipinski definition) is 1. The minimum atomic E-state index is -2.03. The van der Waals surface area contributed by atoms with E-state index in [2.05, 4.69) is 4.98 Å². The molecule has 2 heterocycles. The van der Waals surface area contributed by atoms with Crippen LogP contribution < -0.4 is 0 Å². The van der Waals surface area contributed by atoms with E-state index in [1.54, 1.807) is 19.2 Å². The lowest BCUT2D eigenvalue weighted by molar-refractivity contribution is -0.226. The van der Waals surface area contributed by atoms with Crippen molar-refractivity contribution >= 4 is 22.5 Å². The molecule has 7 nitrogen and oxygen atoms in total. The number of aliphatic hydroxyl groups excluding tert-OH is 1. The van der Waals surface area contributed by atoms with Gasteiger partial charge < -0.3 is 14.6 Å². The fourth-order valence-electron chi connectivity index (χ4n) is 8.93. The van der Waals surface area contributed by atoms with E-state index < -0.39 is 52.3 Å². The number of hydrogen-bond acceptors (Lipinski definition) is 7. The first-order chi connectivity index (χ1) is 19.1. The highest BCUT2D eigenvalue weighted by Gasteiger charge is 2.79. The number of para-hydroxylation sites is 1. The number of fused-ring (bicyclic) bond motifs is 8. The first kappa shape index (κ1) is 25.7. The Morgan fingerprint density at radius 2 is 2.08 bits per heavy atom. The SMILES string of the molecule is C[C@]12C=CC(=O)CC1=CC[C@H]1[C@@H]3C[C@H]4OC(c5cnc6ccccc6c5)O[C@@]4(C(=O)CC#N)[C@@]3(C)C[C@H](O)[C@@]12F. The summed E-state index contributed by atoms with van der Waals surface area (Å²) < 4.78 is 30.6. The van der Waals surface area contributed by atoms with E-state index in [0.29, 0.717) is 24.0 Å². The Hall–Kier alpha value is -3.25. The van der Waals surface area contributed by atoms with Crippen LogP contribution in [0.15, 0.2) is 60.3 Å². The molecule has 3 fully saturated rings. The van der Waals surface area contributed by atoms with Gasteiger partial charge in [-0.1, -0.05) is 42.8 Å². The zero-order chi connectivity index (χ0) is 28.1. The van der Waals surface area contributed by atoms with Crippen LogP contribution in [-0.2, 0) is 19.1 Å². The Morgan fingerprint density at radius 1 is 1.27 bits per heavy atom. The van der Waals surface area contributed by atoms with Crippen LogP contribution in [0.1, 0.15) is 57.8 Å². The number of carbonyl (C=O) groups is 2. The van der Waals surface area contributed by atoms with Gasteiger partial charge in [0, 0.05) is 40.3 Å². The van der Waals surface area contributed by atoms with Crippen molar-refractivity contribution in [3.05, 3.63) is 65.9 Å². The van der Waals surface area contributed by atoms with Crippen LogP contribution in [0, 0.1) is 34.0 Å². The molecule has 1 unspecified atom stereocenters. The molecule has 9 atom stereocenters. The van der Waals surface area contributed by atoms with Gasteiger partial charge in [0.1, 0.15) is 0 Å². The Labute approximate surface area is 231 Å².